The highest BCUT2D eigenvalue weighted by Crippen LogP contribution is 2.18. The number of hydrogen-bond donors (Lipinski definition) is 3. The maximum atomic E-state index is 12.0. The van der Waals surface area contributed by atoms with E-state index in [0.717, 1.165) is 5.56 Å². The van der Waals surface area contributed by atoms with Crippen LogP contribution in [0.25, 0.3) is 0 Å². The fourth-order valence-corrected chi connectivity index (χ4v) is 2.90. The number of carbonyl (C=O) groups is 2. The number of nitrogens with one attached hydrogen (secondary N) is 3. The summed E-state index contributed by atoms with van der Waals surface area (Å²) >= 11 is 0. The van der Waals surface area contributed by atoms with Crippen LogP contribution in [0.5, 0.6) is 0 Å². The second-order valence-corrected chi connectivity index (χ2v) is 6.09. The number of amides is 2. The number of benzene rings is 1. The average Bonchev–Trinajstić information content (AvgIpc) is 3.29. The Morgan fingerprint density at radius 1 is 1.31 bits per heavy atom. The molecule has 1 aromatic heterocycles. The van der Waals surface area contributed by atoms with E-state index in [1.165, 1.54) is 0 Å². The fourth-order valence-electron chi connectivity index (χ4n) is 2.90. The van der Waals surface area contributed by atoms with Crippen molar-refractivity contribution in [1.82, 2.24) is 30.9 Å². The maximum Gasteiger partial charge on any atom is 0.236 e. The zero-order valence-electron chi connectivity index (χ0n) is 14.5. The van der Waals surface area contributed by atoms with Gasteiger partial charge in [0.05, 0.1) is 31.2 Å². The quantitative estimate of drug-likeness (QED) is 0.667. The summed E-state index contributed by atoms with van der Waals surface area (Å²) < 4.78 is 1.76. The van der Waals surface area contributed by atoms with Crippen molar-refractivity contribution < 1.29 is 9.59 Å². The van der Waals surface area contributed by atoms with E-state index < -0.39 is 0 Å². The molecule has 0 saturated carbocycles. The van der Waals surface area contributed by atoms with E-state index in [-0.39, 0.29) is 36.3 Å². The number of hydrogen-bond acceptors (Lipinski definition) is 5. The minimum atomic E-state index is -0.201. The van der Waals surface area contributed by atoms with E-state index in [2.05, 4.69) is 26.3 Å². The molecule has 9 heteroatoms. The molecule has 0 unspecified atom stereocenters. The zero-order valence-corrected chi connectivity index (χ0v) is 15.3. The van der Waals surface area contributed by atoms with Gasteiger partial charge in [-0.25, -0.2) is 4.68 Å². The second-order valence-electron chi connectivity index (χ2n) is 6.09. The standard InChI is InChI=1S/C17H22N6O2.ClH/c1-18-17(25)15-8-14(10-19-15)23-11-13(21-22-23)9-20-16(24)7-12-5-3-2-4-6-12;/h2-6,11,14-15,19H,7-10H2,1H3,(H,18,25)(H,20,24);1H/t14-,15+;/m1./s1. The van der Waals surface area contributed by atoms with Crippen LogP contribution in [0.1, 0.15) is 23.7 Å². The SMILES string of the molecule is CNC(=O)[C@@H]1C[C@@H](n2cc(CNC(=O)Cc3ccccc3)nn2)CN1.Cl. The predicted molar refractivity (Wildman–Crippen MR) is 98.8 cm³/mol. The van der Waals surface area contributed by atoms with Gasteiger partial charge in [-0.05, 0) is 12.0 Å². The second kappa shape index (κ2) is 9.30. The molecule has 2 atom stereocenters. The highest BCUT2D eigenvalue weighted by Gasteiger charge is 2.30. The maximum absolute atomic E-state index is 12.0. The molecule has 8 nitrogen and oxygen atoms in total. The molecule has 2 amide bonds. The topological polar surface area (TPSA) is 101 Å². The molecule has 1 aliphatic rings. The number of halogens is 1. The summed E-state index contributed by atoms with van der Waals surface area (Å²) in [5.74, 6) is -0.0704. The minimum Gasteiger partial charge on any atom is -0.358 e. The Morgan fingerprint density at radius 3 is 2.81 bits per heavy atom. The molecule has 1 fully saturated rings. The van der Waals surface area contributed by atoms with Crippen LogP contribution < -0.4 is 16.0 Å². The first-order valence-corrected chi connectivity index (χ1v) is 8.32. The molecule has 0 spiro atoms. The molecule has 26 heavy (non-hydrogen) atoms. The summed E-state index contributed by atoms with van der Waals surface area (Å²) in [4.78, 5) is 23.6. The number of aromatic nitrogens is 3. The van der Waals surface area contributed by atoms with E-state index in [1.807, 2.05) is 36.5 Å². The normalized spacial score (nSPS) is 18.8. The molecule has 1 aromatic carbocycles. The summed E-state index contributed by atoms with van der Waals surface area (Å²) in [7, 11) is 1.63. The van der Waals surface area contributed by atoms with Crippen LogP contribution >= 0.6 is 12.4 Å². The molecule has 0 bridgehead atoms. The smallest absolute Gasteiger partial charge is 0.236 e. The van der Waals surface area contributed by atoms with Gasteiger partial charge in [-0.2, -0.15) is 0 Å². The van der Waals surface area contributed by atoms with Crippen LogP contribution in [0, 0.1) is 0 Å². The number of likely N-dealkylation sites (N-methyl/N-ethyl adjacent to an activating group) is 1. The van der Waals surface area contributed by atoms with Crippen molar-refractivity contribution in [3.63, 3.8) is 0 Å². The number of rotatable bonds is 6. The first-order chi connectivity index (χ1) is 12.2. The molecule has 140 valence electrons. The van der Waals surface area contributed by atoms with Gasteiger partial charge >= 0.3 is 0 Å². The molecule has 0 radical (unpaired) electrons. The summed E-state index contributed by atoms with van der Waals surface area (Å²) in [6.45, 7) is 1.01. The molecule has 2 heterocycles. The van der Waals surface area contributed by atoms with Crippen molar-refractivity contribution in [2.24, 2.45) is 0 Å². The van der Waals surface area contributed by atoms with Crippen molar-refractivity contribution in [3.8, 4) is 0 Å². The van der Waals surface area contributed by atoms with Gasteiger partial charge in [0, 0.05) is 13.6 Å². The van der Waals surface area contributed by atoms with Gasteiger partial charge in [0.15, 0.2) is 0 Å². The molecule has 1 aliphatic heterocycles. The summed E-state index contributed by atoms with van der Waals surface area (Å²) in [6, 6.07) is 9.48. The molecule has 0 aliphatic carbocycles. The summed E-state index contributed by atoms with van der Waals surface area (Å²) in [5.41, 5.74) is 1.67. The van der Waals surface area contributed by atoms with Gasteiger partial charge in [0.2, 0.25) is 11.8 Å². The van der Waals surface area contributed by atoms with Crippen LogP contribution in [-0.2, 0) is 22.6 Å². The van der Waals surface area contributed by atoms with Crippen molar-refractivity contribution in [1.29, 1.82) is 0 Å². The van der Waals surface area contributed by atoms with E-state index in [9.17, 15) is 9.59 Å². The average molecular weight is 379 g/mol. The van der Waals surface area contributed by atoms with Gasteiger partial charge in [0.25, 0.3) is 0 Å². The van der Waals surface area contributed by atoms with E-state index in [0.29, 0.717) is 31.6 Å². The van der Waals surface area contributed by atoms with Gasteiger partial charge in [-0.15, -0.1) is 17.5 Å². The lowest BCUT2D eigenvalue weighted by Gasteiger charge is -2.08. The first-order valence-electron chi connectivity index (χ1n) is 8.32. The number of carbonyl (C=O) groups excluding carboxylic acids is 2. The van der Waals surface area contributed by atoms with Gasteiger partial charge in [-0.1, -0.05) is 35.5 Å². The van der Waals surface area contributed by atoms with Crippen molar-refractivity contribution in [2.45, 2.75) is 31.5 Å². The predicted octanol–water partition coefficient (Wildman–Crippen LogP) is 0.208. The minimum absolute atomic E-state index is 0. The highest BCUT2D eigenvalue weighted by molar-refractivity contribution is 5.85. The Balaban J connectivity index is 0.00000243. The first kappa shape index (κ1) is 19.9. The Kier molecular flexibility index (Phi) is 7.11. The summed E-state index contributed by atoms with van der Waals surface area (Å²) in [5, 5.41) is 16.9. The summed E-state index contributed by atoms with van der Waals surface area (Å²) in [6.07, 6.45) is 2.83. The lowest BCUT2D eigenvalue weighted by Crippen LogP contribution is -2.38. The van der Waals surface area contributed by atoms with Crippen LogP contribution in [0.3, 0.4) is 0 Å². The molecular weight excluding hydrogens is 356 g/mol. The third-order valence-electron chi connectivity index (χ3n) is 4.28. The Hall–Kier alpha value is -2.45. The van der Waals surface area contributed by atoms with E-state index >= 15 is 0 Å². The van der Waals surface area contributed by atoms with E-state index in [4.69, 9.17) is 0 Å². The third kappa shape index (κ3) is 5.03. The largest absolute Gasteiger partial charge is 0.358 e. The molecular formula is C17H23ClN6O2. The van der Waals surface area contributed by atoms with Crippen molar-refractivity contribution >= 4 is 24.2 Å². The van der Waals surface area contributed by atoms with Gasteiger partial charge in [-0.3, -0.25) is 9.59 Å². The van der Waals surface area contributed by atoms with E-state index in [1.54, 1.807) is 11.7 Å². The number of nitrogens with zero attached hydrogens (tertiary/aromatic N) is 3. The van der Waals surface area contributed by atoms with Gasteiger partial charge < -0.3 is 16.0 Å². The Labute approximate surface area is 158 Å². The highest BCUT2D eigenvalue weighted by atomic mass is 35.5. The Morgan fingerprint density at radius 2 is 2.08 bits per heavy atom. The van der Waals surface area contributed by atoms with Crippen LogP contribution in [0.2, 0.25) is 0 Å². The van der Waals surface area contributed by atoms with Gasteiger partial charge in [0.1, 0.15) is 5.69 Å². The lowest BCUT2D eigenvalue weighted by molar-refractivity contribution is -0.122. The lowest BCUT2D eigenvalue weighted by atomic mass is 10.1. The zero-order chi connectivity index (χ0) is 17.6. The molecule has 3 rings (SSSR count). The van der Waals surface area contributed by atoms with Crippen LogP contribution in [0.15, 0.2) is 36.5 Å². The molecule has 3 N–H and O–H groups in total. The van der Waals surface area contributed by atoms with Crippen LogP contribution in [0.4, 0.5) is 0 Å². The third-order valence-corrected chi connectivity index (χ3v) is 4.28. The van der Waals surface area contributed by atoms with Crippen molar-refractivity contribution in [3.05, 3.63) is 47.8 Å². The Bertz CT molecular complexity index is 736. The van der Waals surface area contributed by atoms with Crippen molar-refractivity contribution in [2.75, 3.05) is 13.6 Å². The van der Waals surface area contributed by atoms with Crippen LogP contribution in [-0.4, -0.2) is 46.4 Å². The fraction of sp³-hybridized carbons (Fsp3) is 0.412. The monoisotopic (exact) mass is 378 g/mol. The molecule has 1 saturated heterocycles. The molecule has 2 aromatic rings.